The summed E-state index contributed by atoms with van der Waals surface area (Å²) >= 11 is 3.41. The lowest BCUT2D eigenvalue weighted by Crippen LogP contribution is -2.32. The molecule has 0 radical (unpaired) electrons. The number of halogens is 1. The molecule has 0 aliphatic heterocycles. The van der Waals surface area contributed by atoms with E-state index in [-0.39, 0.29) is 12.5 Å². The molecule has 158 valence electrons. The average molecular weight is 472 g/mol. The predicted octanol–water partition coefficient (Wildman–Crippen LogP) is 4.46. The zero-order chi connectivity index (χ0) is 21.8. The molecule has 0 bridgehead atoms. The molecular weight excluding hydrogens is 446 g/mol. The first-order chi connectivity index (χ1) is 14.6. The van der Waals surface area contributed by atoms with Crippen LogP contribution in [0.1, 0.15) is 24.2 Å². The van der Waals surface area contributed by atoms with Crippen LogP contribution < -0.4 is 14.8 Å². The highest BCUT2D eigenvalue weighted by atomic mass is 79.9. The van der Waals surface area contributed by atoms with Crippen molar-refractivity contribution < 1.29 is 19.0 Å². The van der Waals surface area contributed by atoms with Gasteiger partial charge in [0.05, 0.1) is 13.7 Å². The number of rotatable bonds is 11. The molecule has 0 heterocycles. The van der Waals surface area contributed by atoms with Crippen molar-refractivity contribution >= 4 is 21.8 Å². The molecule has 0 aliphatic rings. The fraction of sp³-hybridized carbons (Fsp3) is 0.292. The maximum absolute atomic E-state index is 12.8. The second-order valence-electron chi connectivity index (χ2n) is 6.35. The lowest BCUT2D eigenvalue weighted by molar-refractivity contribution is -0.132. The number of hydrogen-bond donors (Lipinski definition) is 1. The van der Waals surface area contributed by atoms with Crippen molar-refractivity contribution in [2.75, 3.05) is 26.9 Å². The van der Waals surface area contributed by atoms with E-state index < -0.39 is 6.10 Å². The number of benzene rings is 2. The molecule has 0 aliphatic carbocycles. The van der Waals surface area contributed by atoms with Gasteiger partial charge < -0.3 is 19.5 Å². The fourth-order valence-corrected chi connectivity index (χ4v) is 3.00. The highest BCUT2D eigenvalue weighted by Crippen LogP contribution is 2.28. The minimum absolute atomic E-state index is 0.177. The number of nitrogens with one attached hydrogen (secondary N) is 1. The van der Waals surface area contributed by atoms with E-state index in [2.05, 4.69) is 27.2 Å². The molecule has 1 amide bonds. The molecule has 1 atom stereocenters. The Morgan fingerprint density at radius 3 is 2.67 bits per heavy atom. The highest BCUT2D eigenvalue weighted by molar-refractivity contribution is 9.10. The number of amides is 1. The Hall–Kier alpha value is -2.75. The lowest BCUT2D eigenvalue weighted by Gasteiger charge is -2.18. The topological polar surface area (TPSA) is 56.8 Å². The smallest absolute Gasteiger partial charge is 0.253 e. The van der Waals surface area contributed by atoms with Gasteiger partial charge in [-0.1, -0.05) is 52.2 Å². The maximum Gasteiger partial charge on any atom is 0.253 e. The zero-order valence-corrected chi connectivity index (χ0v) is 18.8. The van der Waals surface area contributed by atoms with Crippen molar-refractivity contribution in [2.45, 2.75) is 19.4 Å². The molecule has 2 aromatic carbocycles. The molecule has 0 spiro atoms. The molecule has 2 rings (SSSR count). The van der Waals surface area contributed by atoms with E-state index in [9.17, 15) is 4.79 Å². The van der Waals surface area contributed by atoms with Gasteiger partial charge in [-0.3, -0.25) is 4.79 Å². The van der Waals surface area contributed by atoms with E-state index in [1.54, 1.807) is 7.11 Å². The number of hydrogen-bond acceptors (Lipinski definition) is 4. The van der Waals surface area contributed by atoms with E-state index in [4.69, 9.17) is 20.6 Å². The highest BCUT2D eigenvalue weighted by Gasteiger charge is 2.20. The van der Waals surface area contributed by atoms with Crippen LogP contribution in [-0.2, 0) is 16.0 Å². The number of allylic oxidation sites excluding steroid dienone is 1. The third-order valence-corrected chi connectivity index (χ3v) is 4.79. The summed E-state index contributed by atoms with van der Waals surface area (Å²) in [4.78, 5) is 12.8. The first-order valence-corrected chi connectivity index (χ1v) is 10.4. The second-order valence-corrected chi connectivity index (χ2v) is 7.27. The van der Waals surface area contributed by atoms with Crippen molar-refractivity contribution in [3.05, 3.63) is 70.2 Å². The van der Waals surface area contributed by atoms with E-state index in [1.165, 1.54) is 0 Å². The first-order valence-electron chi connectivity index (χ1n) is 9.58. The molecule has 0 aromatic heterocycles. The summed E-state index contributed by atoms with van der Waals surface area (Å²) < 4.78 is 17.6. The largest absolute Gasteiger partial charge is 0.493 e. The summed E-state index contributed by atoms with van der Waals surface area (Å²) in [6.45, 7) is 2.92. The van der Waals surface area contributed by atoms with Crippen LogP contribution >= 0.6 is 15.9 Å². The monoisotopic (exact) mass is 471 g/mol. The van der Waals surface area contributed by atoms with Gasteiger partial charge >= 0.3 is 0 Å². The SMILES string of the molecule is C#CCOc1ccc(CCNC(=O)[C@@H](OCC=CC)c2ccc(Br)cc2)cc1OC. The predicted molar refractivity (Wildman–Crippen MR) is 122 cm³/mol. The summed E-state index contributed by atoms with van der Waals surface area (Å²) in [7, 11) is 1.58. The third kappa shape index (κ3) is 7.25. The van der Waals surface area contributed by atoms with Crippen LogP contribution in [-0.4, -0.2) is 32.8 Å². The number of carbonyl (C=O) groups is 1. The molecule has 1 N–H and O–H groups in total. The van der Waals surface area contributed by atoms with Gasteiger partial charge in [-0.15, -0.1) is 6.42 Å². The van der Waals surface area contributed by atoms with Crippen LogP contribution in [0.3, 0.4) is 0 Å². The van der Waals surface area contributed by atoms with E-state index in [1.807, 2.05) is 61.5 Å². The summed E-state index contributed by atoms with van der Waals surface area (Å²) in [5.74, 6) is 3.45. The summed E-state index contributed by atoms with van der Waals surface area (Å²) in [6.07, 6.45) is 8.95. The van der Waals surface area contributed by atoms with Crippen LogP contribution in [0.15, 0.2) is 59.1 Å². The second kappa shape index (κ2) is 12.7. The average Bonchev–Trinajstić information content (AvgIpc) is 2.76. The molecule has 0 fully saturated rings. The van der Waals surface area contributed by atoms with Gasteiger partial charge in [-0.05, 0) is 48.7 Å². The fourth-order valence-electron chi connectivity index (χ4n) is 2.74. The van der Waals surface area contributed by atoms with E-state index in [0.29, 0.717) is 31.1 Å². The van der Waals surface area contributed by atoms with Crippen LogP contribution in [0, 0.1) is 12.3 Å². The number of methoxy groups -OCH3 is 1. The van der Waals surface area contributed by atoms with Gasteiger partial charge in [-0.2, -0.15) is 0 Å². The Kier molecular flexibility index (Phi) is 9.99. The van der Waals surface area contributed by atoms with E-state index >= 15 is 0 Å². The molecule has 0 saturated heterocycles. The summed E-state index contributed by atoms with van der Waals surface area (Å²) in [6, 6.07) is 13.2. The van der Waals surface area contributed by atoms with Gasteiger partial charge in [0.15, 0.2) is 17.6 Å². The molecular formula is C24H26BrNO4. The number of terminal acetylenes is 1. The van der Waals surface area contributed by atoms with Crippen LogP contribution in [0.2, 0.25) is 0 Å². The molecule has 0 unspecified atom stereocenters. The van der Waals surface area contributed by atoms with Gasteiger partial charge in [0.1, 0.15) is 6.61 Å². The normalized spacial score (nSPS) is 11.7. The minimum atomic E-state index is -0.677. The minimum Gasteiger partial charge on any atom is -0.493 e. The molecule has 0 saturated carbocycles. The molecule has 30 heavy (non-hydrogen) atoms. The molecule has 2 aromatic rings. The van der Waals surface area contributed by atoms with Gasteiger partial charge in [0.2, 0.25) is 0 Å². The maximum atomic E-state index is 12.8. The zero-order valence-electron chi connectivity index (χ0n) is 17.2. The quantitative estimate of drug-likeness (QED) is 0.388. The summed E-state index contributed by atoms with van der Waals surface area (Å²) in [5.41, 5.74) is 1.81. The van der Waals surface area contributed by atoms with Crippen molar-refractivity contribution in [3.63, 3.8) is 0 Å². The van der Waals surface area contributed by atoms with Gasteiger partial charge in [-0.25, -0.2) is 0 Å². The van der Waals surface area contributed by atoms with Crippen molar-refractivity contribution in [2.24, 2.45) is 0 Å². The van der Waals surface area contributed by atoms with Gasteiger partial charge in [0, 0.05) is 11.0 Å². The van der Waals surface area contributed by atoms with Gasteiger partial charge in [0.25, 0.3) is 5.91 Å². The van der Waals surface area contributed by atoms with Crippen LogP contribution in [0.4, 0.5) is 0 Å². The Labute approximate surface area is 186 Å². The standard InChI is InChI=1S/C24H26BrNO4/c1-4-6-16-30-23(19-8-10-20(25)11-9-19)24(27)26-14-13-18-7-12-21(29-15-5-2)22(17-18)28-3/h2,4,6-12,17,23H,13-16H2,1,3H3,(H,26,27)/t23-/m0/s1. The Morgan fingerprint density at radius 1 is 1.23 bits per heavy atom. The Bertz CT molecular complexity index is 887. The van der Waals surface area contributed by atoms with Crippen molar-refractivity contribution in [1.82, 2.24) is 5.32 Å². The Balaban J connectivity index is 1.99. The lowest BCUT2D eigenvalue weighted by atomic mass is 10.1. The van der Waals surface area contributed by atoms with E-state index in [0.717, 1.165) is 15.6 Å². The third-order valence-electron chi connectivity index (χ3n) is 4.26. The molecule has 5 nitrogen and oxygen atoms in total. The van der Waals surface area contributed by atoms with Crippen molar-refractivity contribution in [1.29, 1.82) is 0 Å². The molecule has 6 heteroatoms. The van der Waals surface area contributed by atoms with Crippen molar-refractivity contribution in [3.8, 4) is 23.8 Å². The Morgan fingerprint density at radius 2 is 2.00 bits per heavy atom. The van der Waals surface area contributed by atoms with Crippen LogP contribution in [0.25, 0.3) is 0 Å². The summed E-state index contributed by atoms with van der Waals surface area (Å²) in [5, 5.41) is 2.96. The first kappa shape index (κ1) is 23.5. The van der Waals surface area contributed by atoms with Crippen LogP contribution in [0.5, 0.6) is 11.5 Å². The number of carbonyl (C=O) groups excluding carboxylic acids is 1. The number of ether oxygens (including phenoxy) is 3.